The third kappa shape index (κ3) is 1.60. The summed E-state index contributed by atoms with van der Waals surface area (Å²) in [6, 6.07) is 19.4. The van der Waals surface area contributed by atoms with Gasteiger partial charge in [0, 0.05) is 34.1 Å². The van der Waals surface area contributed by atoms with Crippen LogP contribution in [0.3, 0.4) is 0 Å². The van der Waals surface area contributed by atoms with Crippen molar-refractivity contribution >= 4 is 43.7 Å². The summed E-state index contributed by atoms with van der Waals surface area (Å²) in [5, 5.41) is 5.01. The summed E-state index contributed by atoms with van der Waals surface area (Å²) in [6.45, 7) is 4.51. The fourth-order valence-corrected chi connectivity index (χ4v) is 4.04. The monoisotopic (exact) mass is 313 g/mol. The molecule has 118 valence electrons. The van der Waals surface area contributed by atoms with Crippen LogP contribution in [0.1, 0.15) is 25.3 Å². The molecule has 0 amide bonds. The average molecular weight is 313 g/mol. The Hall–Kier alpha value is -2.74. The highest BCUT2D eigenvalue weighted by atomic mass is 16.3. The standard InChI is InChI=1S/C22H19NO/c1-13(2)14-8-6-9-18-20(14)17-12-11-16-15-7-4-5-10-19(15)24-22(16)21(17)23(18)3/h4-13H,1-3H3. The van der Waals surface area contributed by atoms with E-state index < -0.39 is 0 Å². The van der Waals surface area contributed by atoms with Crippen molar-refractivity contribution in [1.29, 1.82) is 0 Å². The molecule has 0 N–H and O–H groups in total. The molecule has 0 radical (unpaired) electrons. The average Bonchev–Trinajstić information content (AvgIpc) is 3.11. The van der Waals surface area contributed by atoms with Crippen molar-refractivity contribution in [2.75, 3.05) is 0 Å². The number of hydrogen-bond acceptors (Lipinski definition) is 1. The summed E-state index contributed by atoms with van der Waals surface area (Å²) >= 11 is 0. The van der Waals surface area contributed by atoms with Crippen molar-refractivity contribution < 1.29 is 4.42 Å². The van der Waals surface area contributed by atoms with Gasteiger partial charge in [-0.25, -0.2) is 0 Å². The highest BCUT2D eigenvalue weighted by Gasteiger charge is 2.18. The second-order valence-electron chi connectivity index (χ2n) is 6.89. The Kier molecular flexibility index (Phi) is 2.64. The molecule has 0 bridgehead atoms. The van der Waals surface area contributed by atoms with E-state index in [1.54, 1.807) is 0 Å². The molecular formula is C22H19NO. The Labute approximate surface area is 140 Å². The molecule has 0 fully saturated rings. The first-order valence-electron chi connectivity index (χ1n) is 8.48. The minimum Gasteiger partial charge on any atom is -0.454 e. The second-order valence-corrected chi connectivity index (χ2v) is 6.89. The van der Waals surface area contributed by atoms with Gasteiger partial charge in [0.25, 0.3) is 0 Å². The van der Waals surface area contributed by atoms with Gasteiger partial charge < -0.3 is 8.98 Å². The summed E-state index contributed by atoms with van der Waals surface area (Å²) in [5.41, 5.74) is 5.79. The van der Waals surface area contributed by atoms with E-state index in [2.05, 4.69) is 67.9 Å². The van der Waals surface area contributed by atoms with E-state index in [1.807, 2.05) is 12.1 Å². The molecule has 3 aromatic carbocycles. The van der Waals surface area contributed by atoms with Crippen LogP contribution in [0.25, 0.3) is 43.7 Å². The third-order valence-corrected chi connectivity index (χ3v) is 5.18. The van der Waals surface area contributed by atoms with Gasteiger partial charge in [0.15, 0.2) is 5.58 Å². The Morgan fingerprint density at radius 1 is 0.833 bits per heavy atom. The summed E-state index contributed by atoms with van der Waals surface area (Å²) < 4.78 is 8.53. The minimum absolute atomic E-state index is 0.491. The Morgan fingerprint density at radius 3 is 2.46 bits per heavy atom. The lowest BCUT2D eigenvalue weighted by Gasteiger charge is -2.07. The van der Waals surface area contributed by atoms with Crippen molar-refractivity contribution in [3.8, 4) is 0 Å². The van der Waals surface area contributed by atoms with Gasteiger partial charge in [-0.1, -0.05) is 50.2 Å². The van der Waals surface area contributed by atoms with Gasteiger partial charge in [0.1, 0.15) is 5.58 Å². The number of fused-ring (bicyclic) bond motifs is 7. The van der Waals surface area contributed by atoms with Crippen LogP contribution in [-0.4, -0.2) is 4.57 Å². The number of benzene rings is 3. The normalized spacial score (nSPS) is 12.3. The fourth-order valence-electron chi connectivity index (χ4n) is 4.04. The molecular weight excluding hydrogens is 294 g/mol. The van der Waals surface area contributed by atoms with Gasteiger partial charge in [-0.05, 0) is 29.7 Å². The summed E-state index contributed by atoms with van der Waals surface area (Å²) in [6.07, 6.45) is 0. The van der Waals surface area contributed by atoms with E-state index in [0.717, 1.165) is 11.2 Å². The SMILES string of the molecule is CC(C)c1cccc2c1c1ccc3c4ccccc4oc3c1n2C. The van der Waals surface area contributed by atoms with Crippen LogP contribution in [0.4, 0.5) is 0 Å². The lowest BCUT2D eigenvalue weighted by molar-refractivity contribution is 0.670. The van der Waals surface area contributed by atoms with Crippen LogP contribution >= 0.6 is 0 Å². The lowest BCUT2D eigenvalue weighted by Crippen LogP contribution is -1.90. The summed E-state index contributed by atoms with van der Waals surface area (Å²) in [7, 11) is 2.14. The van der Waals surface area contributed by atoms with Gasteiger partial charge in [0.2, 0.25) is 0 Å². The predicted octanol–water partition coefficient (Wildman–Crippen LogP) is 6.35. The lowest BCUT2D eigenvalue weighted by atomic mass is 9.97. The zero-order valence-corrected chi connectivity index (χ0v) is 14.1. The quantitative estimate of drug-likeness (QED) is 0.352. The fraction of sp³-hybridized carbons (Fsp3) is 0.182. The number of nitrogens with zero attached hydrogens (tertiary/aromatic N) is 1. The maximum absolute atomic E-state index is 6.26. The number of aryl methyl sites for hydroxylation is 1. The van der Waals surface area contributed by atoms with Gasteiger partial charge in [-0.15, -0.1) is 0 Å². The van der Waals surface area contributed by atoms with Gasteiger partial charge in [-0.3, -0.25) is 0 Å². The maximum atomic E-state index is 6.26. The van der Waals surface area contributed by atoms with E-state index in [1.165, 1.54) is 38.1 Å². The van der Waals surface area contributed by atoms with Gasteiger partial charge in [-0.2, -0.15) is 0 Å². The second kappa shape index (κ2) is 4.64. The molecule has 5 rings (SSSR count). The van der Waals surface area contributed by atoms with Crippen LogP contribution in [0, 0.1) is 0 Å². The smallest absolute Gasteiger partial charge is 0.159 e. The van der Waals surface area contributed by atoms with Gasteiger partial charge in [0.05, 0.1) is 5.52 Å². The predicted molar refractivity (Wildman–Crippen MR) is 102 cm³/mol. The first-order valence-corrected chi connectivity index (χ1v) is 8.48. The van der Waals surface area contributed by atoms with E-state index in [0.29, 0.717) is 5.92 Å². The Balaban J connectivity index is 2.07. The molecule has 0 atom stereocenters. The minimum atomic E-state index is 0.491. The Morgan fingerprint density at radius 2 is 1.62 bits per heavy atom. The van der Waals surface area contributed by atoms with Crippen molar-refractivity contribution in [2.45, 2.75) is 19.8 Å². The zero-order valence-electron chi connectivity index (χ0n) is 14.1. The topological polar surface area (TPSA) is 18.1 Å². The highest BCUT2D eigenvalue weighted by molar-refractivity contribution is 6.21. The van der Waals surface area contributed by atoms with Crippen LogP contribution in [0.15, 0.2) is 59.0 Å². The summed E-state index contributed by atoms with van der Waals surface area (Å²) in [5.74, 6) is 0.491. The number of aromatic nitrogens is 1. The van der Waals surface area contributed by atoms with E-state index in [4.69, 9.17) is 4.42 Å². The molecule has 24 heavy (non-hydrogen) atoms. The van der Waals surface area contributed by atoms with Crippen molar-refractivity contribution in [3.05, 3.63) is 60.2 Å². The number of hydrogen-bond donors (Lipinski definition) is 0. The molecule has 5 aromatic rings. The molecule has 2 heteroatoms. The molecule has 0 unspecified atom stereocenters. The molecule has 0 spiro atoms. The van der Waals surface area contributed by atoms with E-state index in [9.17, 15) is 0 Å². The summed E-state index contributed by atoms with van der Waals surface area (Å²) in [4.78, 5) is 0. The molecule has 0 aliphatic carbocycles. The molecule has 2 heterocycles. The number of rotatable bonds is 1. The van der Waals surface area contributed by atoms with Gasteiger partial charge >= 0.3 is 0 Å². The van der Waals surface area contributed by atoms with Crippen LogP contribution in [-0.2, 0) is 7.05 Å². The van der Waals surface area contributed by atoms with E-state index >= 15 is 0 Å². The Bertz CT molecular complexity index is 1240. The van der Waals surface area contributed by atoms with Crippen LogP contribution < -0.4 is 0 Å². The van der Waals surface area contributed by atoms with E-state index in [-0.39, 0.29) is 0 Å². The molecule has 0 saturated carbocycles. The molecule has 2 aromatic heterocycles. The molecule has 0 saturated heterocycles. The number of para-hydroxylation sites is 1. The molecule has 0 aliphatic rings. The van der Waals surface area contributed by atoms with Crippen LogP contribution in [0.2, 0.25) is 0 Å². The molecule has 2 nitrogen and oxygen atoms in total. The third-order valence-electron chi connectivity index (χ3n) is 5.18. The zero-order chi connectivity index (χ0) is 16.4. The molecule has 0 aliphatic heterocycles. The van der Waals surface area contributed by atoms with Crippen LogP contribution in [0.5, 0.6) is 0 Å². The highest BCUT2D eigenvalue weighted by Crippen LogP contribution is 2.40. The largest absolute Gasteiger partial charge is 0.454 e. The number of furan rings is 1. The van der Waals surface area contributed by atoms with Crippen molar-refractivity contribution in [2.24, 2.45) is 7.05 Å². The first kappa shape index (κ1) is 13.7. The maximum Gasteiger partial charge on any atom is 0.159 e. The van der Waals surface area contributed by atoms with Crippen molar-refractivity contribution in [3.63, 3.8) is 0 Å². The van der Waals surface area contributed by atoms with Crippen molar-refractivity contribution in [1.82, 2.24) is 4.57 Å². The first-order chi connectivity index (χ1) is 11.7.